The topological polar surface area (TPSA) is 51.7 Å². The van der Waals surface area contributed by atoms with Crippen LogP contribution in [0, 0.1) is 12.3 Å². The molecule has 1 amide bonds. The smallest absolute Gasteiger partial charge is 0.255 e. The molecule has 3 rings (SSSR count). The number of rotatable bonds is 3. The Morgan fingerprint density at radius 2 is 2.41 bits per heavy atom. The second kappa shape index (κ2) is 6.34. The fourth-order valence-electron chi connectivity index (χ4n) is 3.74. The van der Waals surface area contributed by atoms with E-state index in [0.29, 0.717) is 18.7 Å². The molecule has 0 aliphatic carbocycles. The van der Waals surface area contributed by atoms with Gasteiger partial charge in [-0.1, -0.05) is 0 Å². The van der Waals surface area contributed by atoms with Crippen LogP contribution in [0.4, 0.5) is 0 Å². The summed E-state index contributed by atoms with van der Waals surface area (Å²) in [6.07, 6.45) is 4.86. The van der Waals surface area contributed by atoms with Crippen molar-refractivity contribution in [3.63, 3.8) is 0 Å². The summed E-state index contributed by atoms with van der Waals surface area (Å²) < 4.78 is 11.4. The summed E-state index contributed by atoms with van der Waals surface area (Å²) in [5.41, 5.74) is 1.53. The number of methoxy groups -OCH3 is 1. The average molecular weight is 304 g/mol. The van der Waals surface area contributed by atoms with Crippen molar-refractivity contribution in [3.8, 4) is 0 Å². The van der Waals surface area contributed by atoms with Gasteiger partial charge >= 0.3 is 0 Å². The zero-order valence-corrected chi connectivity index (χ0v) is 13.4. The van der Waals surface area contributed by atoms with Crippen molar-refractivity contribution in [2.75, 3.05) is 33.4 Å². The first-order chi connectivity index (χ1) is 10.6. The molecule has 2 unspecified atom stereocenters. The number of amides is 1. The number of hydrogen-bond donors (Lipinski definition) is 0. The highest BCUT2D eigenvalue weighted by atomic mass is 16.5. The lowest BCUT2D eigenvalue weighted by molar-refractivity contribution is -0.142. The van der Waals surface area contributed by atoms with Gasteiger partial charge in [0.2, 0.25) is 0 Å². The van der Waals surface area contributed by atoms with Crippen molar-refractivity contribution in [3.05, 3.63) is 29.6 Å². The number of carbonyl (C=O) groups is 1. The van der Waals surface area contributed by atoms with E-state index in [2.05, 4.69) is 4.98 Å². The van der Waals surface area contributed by atoms with Gasteiger partial charge in [-0.15, -0.1) is 0 Å². The van der Waals surface area contributed by atoms with Gasteiger partial charge in [0.05, 0.1) is 18.3 Å². The Labute approximate surface area is 131 Å². The zero-order chi connectivity index (χ0) is 15.6. The average Bonchev–Trinajstić information content (AvgIpc) is 2.54. The third-order valence-electron chi connectivity index (χ3n) is 4.87. The minimum Gasteiger partial charge on any atom is -0.384 e. The number of fused-ring (bicyclic) bond motifs is 1. The van der Waals surface area contributed by atoms with E-state index in [1.807, 2.05) is 24.0 Å². The third kappa shape index (κ3) is 2.88. The van der Waals surface area contributed by atoms with Gasteiger partial charge in [-0.3, -0.25) is 9.78 Å². The van der Waals surface area contributed by atoms with Crippen molar-refractivity contribution in [1.82, 2.24) is 9.88 Å². The number of pyridine rings is 1. The van der Waals surface area contributed by atoms with E-state index < -0.39 is 0 Å². The van der Waals surface area contributed by atoms with Gasteiger partial charge in [-0.05, 0) is 38.3 Å². The molecule has 2 atom stereocenters. The fourth-order valence-corrected chi connectivity index (χ4v) is 3.74. The molecule has 2 saturated heterocycles. The Hall–Kier alpha value is -1.46. The van der Waals surface area contributed by atoms with E-state index in [4.69, 9.17) is 9.47 Å². The lowest BCUT2D eigenvalue weighted by atomic mass is 9.73. The summed E-state index contributed by atoms with van der Waals surface area (Å²) in [7, 11) is 1.73. The third-order valence-corrected chi connectivity index (χ3v) is 4.87. The van der Waals surface area contributed by atoms with Crippen LogP contribution in [-0.2, 0) is 9.47 Å². The Balaban J connectivity index is 1.78. The van der Waals surface area contributed by atoms with E-state index in [1.54, 1.807) is 13.3 Å². The molecule has 2 aliphatic rings. The lowest BCUT2D eigenvalue weighted by Crippen LogP contribution is -2.58. The second-order valence-electron chi connectivity index (χ2n) is 6.46. The van der Waals surface area contributed by atoms with Crippen LogP contribution in [0.2, 0.25) is 0 Å². The number of aromatic nitrogens is 1. The molecule has 22 heavy (non-hydrogen) atoms. The molecule has 0 N–H and O–H groups in total. The number of ether oxygens (including phenoxy) is 2. The summed E-state index contributed by atoms with van der Waals surface area (Å²) in [6.45, 7) is 4.84. The summed E-state index contributed by atoms with van der Waals surface area (Å²) in [5, 5.41) is 0. The predicted octanol–water partition coefficient (Wildman–Crippen LogP) is 2.05. The highest BCUT2D eigenvalue weighted by molar-refractivity contribution is 5.94. The zero-order valence-electron chi connectivity index (χ0n) is 13.4. The minimum atomic E-state index is -0.0565. The van der Waals surface area contributed by atoms with E-state index >= 15 is 0 Å². The van der Waals surface area contributed by atoms with Crippen LogP contribution in [0.1, 0.15) is 35.3 Å². The maximum Gasteiger partial charge on any atom is 0.255 e. The molecule has 0 spiro atoms. The van der Waals surface area contributed by atoms with Crippen molar-refractivity contribution in [1.29, 1.82) is 0 Å². The molecule has 2 fully saturated rings. The molecular weight excluding hydrogens is 280 g/mol. The standard InChI is InChI=1S/C17H24N2O3/c1-13-4-5-14(10-18-13)16(20)19-8-6-15-17(11-19,12-21-2)7-3-9-22-15/h4-5,10,15H,3,6-9,11-12H2,1-2H3. The van der Waals surface area contributed by atoms with E-state index in [1.165, 1.54) is 0 Å². The molecule has 2 aliphatic heterocycles. The summed E-state index contributed by atoms with van der Waals surface area (Å²) in [4.78, 5) is 18.9. The number of piperidine rings is 1. The van der Waals surface area contributed by atoms with Crippen LogP contribution in [0.5, 0.6) is 0 Å². The molecule has 1 aromatic rings. The summed E-state index contributed by atoms with van der Waals surface area (Å²) in [6, 6.07) is 3.74. The van der Waals surface area contributed by atoms with Gasteiger partial charge in [-0.25, -0.2) is 0 Å². The number of aryl methyl sites for hydroxylation is 1. The van der Waals surface area contributed by atoms with E-state index in [-0.39, 0.29) is 17.4 Å². The lowest BCUT2D eigenvalue weighted by Gasteiger charge is -2.50. The Bertz CT molecular complexity index is 527. The monoisotopic (exact) mass is 304 g/mol. The van der Waals surface area contributed by atoms with Crippen molar-refractivity contribution in [2.45, 2.75) is 32.3 Å². The molecule has 1 aromatic heterocycles. The van der Waals surface area contributed by atoms with Gasteiger partial charge in [-0.2, -0.15) is 0 Å². The van der Waals surface area contributed by atoms with Crippen molar-refractivity contribution < 1.29 is 14.3 Å². The molecule has 120 valence electrons. The van der Waals surface area contributed by atoms with Gasteiger partial charge in [0.1, 0.15) is 0 Å². The molecule has 5 heteroatoms. The van der Waals surface area contributed by atoms with E-state index in [9.17, 15) is 4.79 Å². The number of hydrogen-bond acceptors (Lipinski definition) is 4. The van der Waals surface area contributed by atoms with Crippen LogP contribution < -0.4 is 0 Å². The van der Waals surface area contributed by atoms with Crippen LogP contribution in [0.25, 0.3) is 0 Å². The number of carbonyl (C=O) groups excluding carboxylic acids is 1. The molecule has 3 heterocycles. The van der Waals surface area contributed by atoms with Crippen LogP contribution in [-0.4, -0.2) is 55.3 Å². The minimum absolute atomic E-state index is 0.0565. The van der Waals surface area contributed by atoms with Crippen LogP contribution in [0.3, 0.4) is 0 Å². The maximum absolute atomic E-state index is 12.7. The summed E-state index contributed by atoms with van der Waals surface area (Å²) in [5.74, 6) is 0.0620. The summed E-state index contributed by atoms with van der Waals surface area (Å²) >= 11 is 0. The molecule has 0 saturated carbocycles. The fraction of sp³-hybridized carbons (Fsp3) is 0.647. The Morgan fingerprint density at radius 3 is 3.14 bits per heavy atom. The van der Waals surface area contributed by atoms with Gasteiger partial charge in [0.25, 0.3) is 5.91 Å². The largest absolute Gasteiger partial charge is 0.384 e. The second-order valence-corrected chi connectivity index (χ2v) is 6.46. The molecule has 0 radical (unpaired) electrons. The Morgan fingerprint density at radius 1 is 1.55 bits per heavy atom. The first-order valence-electron chi connectivity index (χ1n) is 7.97. The quantitative estimate of drug-likeness (QED) is 0.857. The van der Waals surface area contributed by atoms with Crippen LogP contribution >= 0.6 is 0 Å². The van der Waals surface area contributed by atoms with Gasteiger partial charge in [0, 0.05) is 44.1 Å². The normalized spacial score (nSPS) is 28.3. The molecule has 5 nitrogen and oxygen atoms in total. The SMILES string of the molecule is COCC12CCCOC1CCN(C(=O)c1ccc(C)nc1)C2. The van der Waals surface area contributed by atoms with Gasteiger partial charge in [0.15, 0.2) is 0 Å². The Kier molecular flexibility index (Phi) is 4.45. The highest BCUT2D eigenvalue weighted by Crippen LogP contribution is 2.40. The highest BCUT2D eigenvalue weighted by Gasteiger charge is 2.47. The van der Waals surface area contributed by atoms with Gasteiger partial charge < -0.3 is 14.4 Å². The van der Waals surface area contributed by atoms with Crippen LogP contribution in [0.15, 0.2) is 18.3 Å². The predicted molar refractivity (Wildman–Crippen MR) is 82.8 cm³/mol. The van der Waals surface area contributed by atoms with Crippen molar-refractivity contribution >= 4 is 5.91 Å². The number of nitrogens with zero attached hydrogens (tertiary/aromatic N) is 2. The molecular formula is C17H24N2O3. The first kappa shape index (κ1) is 15.4. The first-order valence-corrected chi connectivity index (χ1v) is 7.97. The molecule has 0 bridgehead atoms. The maximum atomic E-state index is 12.7. The number of likely N-dealkylation sites (tertiary alicyclic amines) is 1. The van der Waals surface area contributed by atoms with Crippen molar-refractivity contribution in [2.24, 2.45) is 5.41 Å². The van der Waals surface area contributed by atoms with E-state index in [0.717, 1.165) is 38.1 Å². The molecule has 0 aromatic carbocycles.